The number of hydrogen-bond donors (Lipinski definition) is 1. The monoisotopic (exact) mass is 484 g/mol. The number of rotatable bonds is 9. The summed E-state index contributed by atoms with van der Waals surface area (Å²) in [6.45, 7) is 9.23. The Morgan fingerprint density at radius 1 is 1.15 bits per heavy atom. The predicted molar refractivity (Wildman–Crippen MR) is 132 cm³/mol. The van der Waals surface area contributed by atoms with Crippen molar-refractivity contribution in [3.05, 3.63) is 57.8 Å². The molecule has 1 N–H and O–H groups in total. The van der Waals surface area contributed by atoms with Crippen molar-refractivity contribution in [1.82, 2.24) is 9.80 Å². The van der Waals surface area contributed by atoms with Crippen molar-refractivity contribution in [2.24, 2.45) is 5.92 Å². The minimum atomic E-state index is -0.637. The van der Waals surface area contributed by atoms with Gasteiger partial charge >= 0.3 is 0 Å². The number of amides is 1. The number of likely N-dealkylation sites (tertiary alicyclic amines) is 1. The molecule has 8 heteroatoms. The number of aliphatic hydroxyl groups excluding tert-OH is 1. The van der Waals surface area contributed by atoms with Crippen LogP contribution in [0.4, 0.5) is 0 Å². The zero-order chi connectivity index (χ0) is 24.1. The van der Waals surface area contributed by atoms with E-state index in [2.05, 4.69) is 18.7 Å². The smallest absolute Gasteiger partial charge is 0.295 e. The molecule has 2 aliphatic rings. The molecule has 4 rings (SSSR count). The lowest BCUT2D eigenvalue weighted by Crippen LogP contribution is -2.38. The van der Waals surface area contributed by atoms with Crippen molar-refractivity contribution in [2.75, 3.05) is 46.0 Å². The van der Waals surface area contributed by atoms with E-state index in [1.54, 1.807) is 29.2 Å². The highest BCUT2D eigenvalue weighted by molar-refractivity contribution is 7.10. The number of aliphatic hydroxyl groups is 1. The molecule has 2 fully saturated rings. The fourth-order valence-electron chi connectivity index (χ4n) is 4.27. The maximum atomic E-state index is 13.1. The highest BCUT2D eigenvalue weighted by Gasteiger charge is 2.46. The predicted octanol–water partition coefficient (Wildman–Crippen LogP) is 3.93. The molecule has 7 nitrogen and oxygen atoms in total. The van der Waals surface area contributed by atoms with E-state index < -0.39 is 17.7 Å². The number of carbonyl (C=O) groups excluding carboxylic acids is 2. The van der Waals surface area contributed by atoms with Crippen molar-refractivity contribution < 1.29 is 24.2 Å². The van der Waals surface area contributed by atoms with Gasteiger partial charge in [-0.2, -0.15) is 0 Å². The first-order valence-electron chi connectivity index (χ1n) is 11.8. The van der Waals surface area contributed by atoms with Gasteiger partial charge in [0.15, 0.2) is 0 Å². The lowest BCUT2D eigenvalue weighted by atomic mass is 10.00. The Kier molecular flexibility index (Phi) is 8.03. The standard InChI is InChI=1S/C26H32N2O5S/c1-18(2)17-33-20-8-6-19(7-9-20)24(29)22-23(21-5-3-16-34-21)28(26(31)25(22)30)11-4-10-27-12-14-32-15-13-27/h3,5-9,16,18,23,29H,4,10-15,17H2,1-2H3. The van der Waals surface area contributed by atoms with Gasteiger partial charge in [-0.05, 0) is 48.1 Å². The van der Waals surface area contributed by atoms with Crippen LogP contribution in [0.3, 0.4) is 0 Å². The van der Waals surface area contributed by atoms with Crippen molar-refractivity contribution >= 4 is 28.8 Å². The van der Waals surface area contributed by atoms with Crippen LogP contribution in [-0.4, -0.2) is 72.6 Å². The molecule has 1 amide bonds. The van der Waals surface area contributed by atoms with Gasteiger partial charge < -0.3 is 19.5 Å². The number of benzene rings is 1. The molecule has 0 radical (unpaired) electrons. The number of hydrogen-bond acceptors (Lipinski definition) is 7. The van der Waals surface area contributed by atoms with Crippen LogP contribution >= 0.6 is 11.3 Å². The van der Waals surface area contributed by atoms with Gasteiger partial charge in [0.25, 0.3) is 11.7 Å². The number of morpholine rings is 1. The van der Waals surface area contributed by atoms with Crippen LogP contribution in [0, 0.1) is 5.92 Å². The average Bonchev–Trinajstić information content (AvgIpc) is 3.46. The van der Waals surface area contributed by atoms with Crippen molar-refractivity contribution in [3.63, 3.8) is 0 Å². The summed E-state index contributed by atoms with van der Waals surface area (Å²) in [4.78, 5) is 30.9. The molecule has 1 atom stereocenters. The van der Waals surface area contributed by atoms with E-state index in [9.17, 15) is 14.7 Å². The number of Topliss-reactive ketones (excluding diaryl/α,β-unsaturated/α-hetero) is 1. The zero-order valence-electron chi connectivity index (χ0n) is 19.7. The van der Waals surface area contributed by atoms with E-state index in [1.165, 1.54) is 11.3 Å². The Labute approximate surface area is 204 Å². The van der Waals surface area contributed by atoms with Gasteiger partial charge in [0.2, 0.25) is 0 Å². The van der Waals surface area contributed by atoms with Gasteiger partial charge in [-0.3, -0.25) is 14.5 Å². The summed E-state index contributed by atoms with van der Waals surface area (Å²) in [5.74, 6) is -0.245. The summed E-state index contributed by atoms with van der Waals surface area (Å²) in [6.07, 6.45) is 0.747. The van der Waals surface area contributed by atoms with E-state index in [0.717, 1.165) is 44.1 Å². The highest BCUT2D eigenvalue weighted by Crippen LogP contribution is 2.41. The molecule has 1 unspecified atom stereocenters. The average molecular weight is 485 g/mol. The summed E-state index contributed by atoms with van der Waals surface area (Å²) in [7, 11) is 0. The molecule has 1 aromatic carbocycles. The molecule has 182 valence electrons. The highest BCUT2D eigenvalue weighted by atomic mass is 32.1. The SMILES string of the molecule is CC(C)COc1ccc(C(O)=C2C(=O)C(=O)N(CCCN3CCOCC3)C2c2cccs2)cc1. The molecule has 34 heavy (non-hydrogen) atoms. The van der Waals surface area contributed by atoms with E-state index >= 15 is 0 Å². The Morgan fingerprint density at radius 3 is 2.53 bits per heavy atom. The molecule has 1 aromatic heterocycles. The fourth-order valence-corrected chi connectivity index (χ4v) is 5.12. The number of ketones is 1. The van der Waals surface area contributed by atoms with Gasteiger partial charge in [0.1, 0.15) is 11.5 Å². The minimum Gasteiger partial charge on any atom is -0.507 e. The second-order valence-electron chi connectivity index (χ2n) is 9.04. The number of carbonyl (C=O) groups is 2. The molecule has 3 heterocycles. The Bertz CT molecular complexity index is 1010. The Balaban J connectivity index is 1.56. The van der Waals surface area contributed by atoms with Gasteiger partial charge in [0, 0.05) is 36.6 Å². The third kappa shape index (κ3) is 5.51. The summed E-state index contributed by atoms with van der Waals surface area (Å²) in [5, 5.41) is 13.1. The fraction of sp³-hybridized carbons (Fsp3) is 0.462. The maximum Gasteiger partial charge on any atom is 0.295 e. The summed E-state index contributed by atoms with van der Waals surface area (Å²) >= 11 is 1.48. The number of ether oxygens (including phenoxy) is 2. The molecule has 2 aliphatic heterocycles. The van der Waals surface area contributed by atoms with Crippen LogP contribution in [-0.2, 0) is 14.3 Å². The van der Waals surface area contributed by atoms with Gasteiger partial charge in [0.05, 0.1) is 31.4 Å². The van der Waals surface area contributed by atoms with Crippen molar-refractivity contribution in [1.29, 1.82) is 0 Å². The van der Waals surface area contributed by atoms with E-state index in [4.69, 9.17) is 9.47 Å². The second-order valence-corrected chi connectivity index (χ2v) is 10.0. The maximum absolute atomic E-state index is 13.1. The molecular formula is C26H32N2O5S. The van der Waals surface area contributed by atoms with Crippen LogP contribution < -0.4 is 4.74 Å². The Morgan fingerprint density at radius 2 is 1.88 bits per heavy atom. The molecule has 0 saturated carbocycles. The van der Waals surface area contributed by atoms with E-state index in [1.807, 2.05) is 17.5 Å². The van der Waals surface area contributed by atoms with Crippen molar-refractivity contribution in [3.8, 4) is 5.75 Å². The topological polar surface area (TPSA) is 79.3 Å². The molecular weight excluding hydrogens is 452 g/mol. The second kappa shape index (κ2) is 11.2. The first-order valence-corrected chi connectivity index (χ1v) is 12.7. The zero-order valence-corrected chi connectivity index (χ0v) is 20.6. The molecule has 0 aliphatic carbocycles. The Hall–Kier alpha value is -2.68. The normalized spacial score (nSPS) is 20.9. The van der Waals surface area contributed by atoms with Crippen LogP contribution in [0.1, 0.15) is 36.8 Å². The van der Waals surface area contributed by atoms with Crippen LogP contribution in [0.2, 0.25) is 0 Å². The van der Waals surface area contributed by atoms with Gasteiger partial charge in [-0.15, -0.1) is 11.3 Å². The lowest BCUT2D eigenvalue weighted by Gasteiger charge is -2.28. The first kappa shape index (κ1) is 24.4. The van der Waals surface area contributed by atoms with Crippen LogP contribution in [0.5, 0.6) is 5.75 Å². The molecule has 2 saturated heterocycles. The largest absolute Gasteiger partial charge is 0.507 e. The third-order valence-corrected chi connectivity index (χ3v) is 6.97. The molecule has 2 aromatic rings. The summed E-state index contributed by atoms with van der Waals surface area (Å²) in [6, 6.07) is 10.2. The summed E-state index contributed by atoms with van der Waals surface area (Å²) in [5.41, 5.74) is 0.638. The van der Waals surface area contributed by atoms with Crippen molar-refractivity contribution in [2.45, 2.75) is 26.3 Å². The molecule has 0 bridgehead atoms. The van der Waals surface area contributed by atoms with Gasteiger partial charge in [-0.25, -0.2) is 0 Å². The number of nitrogens with zero attached hydrogens (tertiary/aromatic N) is 2. The van der Waals surface area contributed by atoms with E-state index in [0.29, 0.717) is 30.4 Å². The third-order valence-electron chi connectivity index (χ3n) is 6.04. The lowest BCUT2D eigenvalue weighted by molar-refractivity contribution is -0.140. The van der Waals surface area contributed by atoms with Crippen LogP contribution in [0.15, 0.2) is 47.4 Å². The van der Waals surface area contributed by atoms with Gasteiger partial charge in [-0.1, -0.05) is 19.9 Å². The number of thiophene rings is 1. The van der Waals surface area contributed by atoms with E-state index in [-0.39, 0.29) is 11.3 Å². The minimum absolute atomic E-state index is 0.148. The van der Waals surface area contributed by atoms with Crippen LogP contribution in [0.25, 0.3) is 5.76 Å². The molecule has 0 spiro atoms. The summed E-state index contributed by atoms with van der Waals surface area (Å²) < 4.78 is 11.1. The quantitative estimate of drug-likeness (QED) is 0.330. The first-order chi connectivity index (χ1) is 16.5.